The number of non-ortho nitro benzene ring substituents is 1. The van der Waals surface area contributed by atoms with Crippen LogP contribution in [0.4, 0.5) is 11.4 Å². The van der Waals surface area contributed by atoms with Gasteiger partial charge in [-0.05, 0) is 69.4 Å². The number of nitrogens with one attached hydrogen (secondary N) is 1. The number of hydrogen-bond donors (Lipinski definition) is 1. The molecule has 0 saturated carbocycles. The van der Waals surface area contributed by atoms with Crippen LogP contribution < -0.4 is 5.32 Å². The van der Waals surface area contributed by atoms with Crippen LogP contribution in [0, 0.1) is 17.3 Å². The zero-order valence-electron chi connectivity index (χ0n) is 10.3. The second-order valence-electron chi connectivity index (χ2n) is 4.00. The third-order valence-electron chi connectivity index (χ3n) is 2.58. The quantitative estimate of drug-likeness (QED) is 0.357. The molecule has 1 N–H and O–H groups in total. The predicted octanol–water partition coefficient (Wildman–Crippen LogP) is 4.71. The highest BCUT2D eigenvalue weighted by Crippen LogP contribution is 2.27. The molecule has 108 valence electrons. The normalized spacial score (nSPS) is 10.2. The molecule has 0 heterocycles. The molecule has 21 heavy (non-hydrogen) atoms. The highest BCUT2D eigenvalue weighted by Gasteiger charge is 2.15. The molecule has 0 fully saturated rings. The minimum absolute atomic E-state index is 0.132. The largest absolute Gasteiger partial charge is 0.320 e. The van der Waals surface area contributed by atoms with Gasteiger partial charge in [0, 0.05) is 19.3 Å². The van der Waals surface area contributed by atoms with E-state index < -0.39 is 4.92 Å². The van der Waals surface area contributed by atoms with Crippen LogP contribution in [0.2, 0.25) is 5.02 Å². The highest BCUT2D eigenvalue weighted by molar-refractivity contribution is 14.1. The Kier molecular flexibility index (Phi) is 5.38. The minimum Gasteiger partial charge on any atom is -0.320 e. The van der Waals surface area contributed by atoms with Crippen LogP contribution in [0.3, 0.4) is 0 Å². The van der Waals surface area contributed by atoms with Crippen molar-refractivity contribution in [2.24, 2.45) is 0 Å². The zero-order chi connectivity index (χ0) is 15.6. The van der Waals surface area contributed by atoms with Gasteiger partial charge in [0.05, 0.1) is 21.2 Å². The Morgan fingerprint density at radius 2 is 1.90 bits per heavy atom. The average Bonchev–Trinajstić information content (AvgIpc) is 2.43. The zero-order valence-corrected chi connectivity index (χ0v) is 15.3. The molecule has 0 aliphatic heterocycles. The van der Waals surface area contributed by atoms with E-state index in [1.54, 1.807) is 6.07 Å². The Bertz CT molecular complexity index is 737. The van der Waals surface area contributed by atoms with Crippen LogP contribution in [0.5, 0.6) is 0 Å². The van der Waals surface area contributed by atoms with Crippen LogP contribution >= 0.6 is 56.8 Å². The first-order valence-corrected chi connectivity index (χ1v) is 8.12. The van der Waals surface area contributed by atoms with Gasteiger partial charge in [-0.1, -0.05) is 11.6 Å². The number of nitro groups is 1. The van der Waals surface area contributed by atoms with Crippen LogP contribution in [0.25, 0.3) is 0 Å². The van der Waals surface area contributed by atoms with E-state index in [4.69, 9.17) is 11.6 Å². The number of amides is 1. The smallest absolute Gasteiger partial charge is 0.271 e. The molecule has 0 radical (unpaired) electrons. The lowest BCUT2D eigenvalue weighted by atomic mass is 10.2. The summed E-state index contributed by atoms with van der Waals surface area (Å²) in [5.41, 5.74) is 0.572. The summed E-state index contributed by atoms with van der Waals surface area (Å²) >= 11 is 10.1. The Labute approximate surface area is 152 Å². The fourth-order valence-corrected chi connectivity index (χ4v) is 2.82. The van der Waals surface area contributed by atoms with Gasteiger partial charge in [0.15, 0.2) is 0 Å². The summed E-state index contributed by atoms with van der Waals surface area (Å²) in [6.45, 7) is 0. The number of nitro benzene ring substituents is 1. The molecular formula is C13H7ClI2N2O3. The molecule has 0 aromatic heterocycles. The van der Waals surface area contributed by atoms with Gasteiger partial charge in [0.2, 0.25) is 0 Å². The second kappa shape index (κ2) is 6.88. The maximum absolute atomic E-state index is 12.3. The van der Waals surface area contributed by atoms with Gasteiger partial charge in [0.25, 0.3) is 11.6 Å². The van der Waals surface area contributed by atoms with Crippen molar-refractivity contribution in [3.63, 3.8) is 0 Å². The van der Waals surface area contributed by atoms with E-state index in [9.17, 15) is 14.9 Å². The number of benzene rings is 2. The van der Waals surface area contributed by atoms with Crippen molar-refractivity contribution < 1.29 is 9.72 Å². The van der Waals surface area contributed by atoms with Crippen LogP contribution in [-0.4, -0.2) is 10.8 Å². The number of nitrogens with zero attached hydrogens (tertiary/aromatic N) is 1. The van der Waals surface area contributed by atoms with Gasteiger partial charge < -0.3 is 5.32 Å². The SMILES string of the molecule is O=C(Nc1cc([N+](=O)[O-])ccc1Cl)c1cc(I)ccc1I. The molecule has 0 unspecified atom stereocenters. The van der Waals surface area contributed by atoms with E-state index in [-0.39, 0.29) is 22.3 Å². The number of rotatable bonds is 3. The molecule has 2 rings (SSSR count). The molecule has 0 bridgehead atoms. The summed E-state index contributed by atoms with van der Waals surface area (Å²) in [7, 11) is 0. The maximum Gasteiger partial charge on any atom is 0.271 e. The van der Waals surface area contributed by atoms with Gasteiger partial charge >= 0.3 is 0 Å². The molecule has 0 aliphatic carbocycles. The monoisotopic (exact) mass is 528 g/mol. The summed E-state index contributed by atoms with van der Waals surface area (Å²) in [5, 5.41) is 13.6. The minimum atomic E-state index is -0.540. The van der Waals surface area contributed by atoms with Crippen molar-refractivity contribution in [2.45, 2.75) is 0 Å². The second-order valence-corrected chi connectivity index (χ2v) is 6.81. The lowest BCUT2D eigenvalue weighted by Gasteiger charge is -2.09. The standard InChI is InChI=1S/C13H7ClI2N2O3/c14-10-3-2-8(18(20)21)6-12(10)17-13(19)9-5-7(15)1-4-11(9)16/h1-6H,(H,17,19). The van der Waals surface area contributed by atoms with Gasteiger partial charge in [-0.3, -0.25) is 14.9 Å². The van der Waals surface area contributed by atoms with E-state index in [0.717, 1.165) is 7.14 Å². The van der Waals surface area contributed by atoms with Crippen LogP contribution in [0.15, 0.2) is 36.4 Å². The molecule has 0 saturated heterocycles. The number of carbonyl (C=O) groups excluding carboxylic acids is 1. The first-order valence-electron chi connectivity index (χ1n) is 5.59. The van der Waals surface area contributed by atoms with E-state index in [1.807, 2.05) is 12.1 Å². The maximum atomic E-state index is 12.3. The van der Waals surface area contributed by atoms with Gasteiger partial charge in [-0.25, -0.2) is 0 Å². The third kappa shape index (κ3) is 4.04. The molecule has 1 amide bonds. The summed E-state index contributed by atoms with van der Waals surface area (Å²) in [4.78, 5) is 22.5. The van der Waals surface area contributed by atoms with Gasteiger partial charge in [0.1, 0.15) is 0 Å². The molecule has 2 aromatic carbocycles. The Morgan fingerprint density at radius 1 is 1.19 bits per heavy atom. The Balaban J connectivity index is 2.33. The fourth-order valence-electron chi connectivity index (χ4n) is 1.58. The van der Waals surface area contributed by atoms with E-state index in [2.05, 4.69) is 50.5 Å². The van der Waals surface area contributed by atoms with Crippen molar-refractivity contribution in [1.29, 1.82) is 0 Å². The lowest BCUT2D eigenvalue weighted by Crippen LogP contribution is -2.14. The molecule has 5 nitrogen and oxygen atoms in total. The van der Waals surface area contributed by atoms with Gasteiger partial charge in [-0.2, -0.15) is 0 Å². The molecule has 0 aliphatic rings. The van der Waals surface area contributed by atoms with Crippen molar-refractivity contribution in [1.82, 2.24) is 0 Å². The molecular weight excluding hydrogens is 521 g/mol. The average molecular weight is 528 g/mol. The van der Waals surface area contributed by atoms with Crippen molar-refractivity contribution >= 4 is 74.1 Å². The number of hydrogen-bond acceptors (Lipinski definition) is 3. The number of halogens is 3. The van der Waals surface area contributed by atoms with Crippen molar-refractivity contribution in [3.05, 3.63) is 64.2 Å². The summed E-state index contributed by atoms with van der Waals surface area (Å²) < 4.78 is 1.70. The molecule has 0 spiro atoms. The molecule has 2 aromatic rings. The molecule has 0 atom stereocenters. The third-order valence-corrected chi connectivity index (χ3v) is 4.52. The number of anilines is 1. The van der Waals surface area contributed by atoms with Crippen LogP contribution in [0.1, 0.15) is 10.4 Å². The first kappa shape index (κ1) is 16.4. The van der Waals surface area contributed by atoms with Crippen molar-refractivity contribution in [2.75, 3.05) is 5.32 Å². The lowest BCUT2D eigenvalue weighted by molar-refractivity contribution is -0.384. The summed E-state index contributed by atoms with van der Waals surface area (Å²) in [6, 6.07) is 9.36. The Morgan fingerprint density at radius 3 is 2.57 bits per heavy atom. The van der Waals surface area contributed by atoms with Gasteiger partial charge in [-0.15, -0.1) is 0 Å². The van der Waals surface area contributed by atoms with E-state index >= 15 is 0 Å². The van der Waals surface area contributed by atoms with Crippen LogP contribution in [-0.2, 0) is 0 Å². The highest BCUT2D eigenvalue weighted by atomic mass is 127. The van der Waals surface area contributed by atoms with E-state index in [0.29, 0.717) is 5.56 Å². The van der Waals surface area contributed by atoms with E-state index in [1.165, 1.54) is 18.2 Å². The fraction of sp³-hybridized carbons (Fsp3) is 0. The summed E-state index contributed by atoms with van der Waals surface area (Å²) in [6.07, 6.45) is 0. The predicted molar refractivity (Wildman–Crippen MR) is 97.9 cm³/mol. The topological polar surface area (TPSA) is 72.2 Å². The summed E-state index contributed by atoms with van der Waals surface area (Å²) in [5.74, 6) is -0.361. The van der Waals surface area contributed by atoms with Crippen molar-refractivity contribution in [3.8, 4) is 0 Å². The number of carbonyl (C=O) groups is 1. The Hall–Kier alpha value is -0.940. The first-order chi connectivity index (χ1) is 9.88. The molecule has 8 heteroatoms.